The van der Waals surface area contributed by atoms with Gasteiger partial charge in [-0.1, -0.05) is 30.0 Å². The van der Waals surface area contributed by atoms with E-state index in [0.717, 1.165) is 5.69 Å². The topological polar surface area (TPSA) is 99.0 Å². The number of ether oxygens (including phenoxy) is 1. The SMILES string of the molecule is COc1cccc(-n2nnnc2SCC(=O)Nc2cccc(C(C)=O)c2)c1. The minimum atomic E-state index is -0.221. The summed E-state index contributed by atoms with van der Waals surface area (Å²) in [5, 5.41) is 14.9. The second-order valence-corrected chi connectivity index (χ2v) is 6.49. The number of benzene rings is 2. The maximum Gasteiger partial charge on any atom is 0.234 e. The van der Waals surface area contributed by atoms with Gasteiger partial charge in [0.15, 0.2) is 5.78 Å². The van der Waals surface area contributed by atoms with Crippen molar-refractivity contribution < 1.29 is 14.3 Å². The van der Waals surface area contributed by atoms with Crippen LogP contribution in [0, 0.1) is 0 Å². The molecule has 8 nitrogen and oxygen atoms in total. The number of thioether (sulfide) groups is 1. The molecule has 1 N–H and O–H groups in total. The van der Waals surface area contributed by atoms with Gasteiger partial charge < -0.3 is 10.1 Å². The van der Waals surface area contributed by atoms with E-state index in [2.05, 4.69) is 20.8 Å². The Balaban J connectivity index is 1.65. The smallest absolute Gasteiger partial charge is 0.234 e. The molecule has 3 aromatic rings. The number of rotatable bonds is 7. The number of methoxy groups -OCH3 is 1. The molecule has 9 heteroatoms. The average Bonchev–Trinajstić information content (AvgIpc) is 3.15. The molecule has 0 atom stereocenters. The van der Waals surface area contributed by atoms with Crippen molar-refractivity contribution in [3.05, 3.63) is 54.1 Å². The molecule has 0 aliphatic carbocycles. The summed E-state index contributed by atoms with van der Waals surface area (Å²) in [6, 6.07) is 14.1. The number of anilines is 1. The summed E-state index contributed by atoms with van der Waals surface area (Å²) >= 11 is 1.21. The number of ketones is 1. The highest BCUT2D eigenvalue weighted by atomic mass is 32.2. The number of hydrogen-bond donors (Lipinski definition) is 1. The number of amides is 1. The van der Waals surface area contributed by atoms with Crippen LogP contribution in [0.3, 0.4) is 0 Å². The van der Waals surface area contributed by atoms with Crippen LogP contribution in [0.25, 0.3) is 5.69 Å². The number of carbonyl (C=O) groups is 2. The minimum absolute atomic E-state index is 0.0575. The summed E-state index contributed by atoms with van der Waals surface area (Å²) in [5.74, 6) is 0.523. The van der Waals surface area contributed by atoms with Crippen LogP contribution in [0.1, 0.15) is 17.3 Å². The fraction of sp³-hybridized carbons (Fsp3) is 0.167. The Bertz CT molecular complexity index is 973. The van der Waals surface area contributed by atoms with Crippen LogP contribution in [0.4, 0.5) is 5.69 Å². The Labute approximate surface area is 159 Å². The zero-order valence-corrected chi connectivity index (χ0v) is 15.6. The molecule has 1 heterocycles. The minimum Gasteiger partial charge on any atom is -0.497 e. The van der Waals surface area contributed by atoms with Gasteiger partial charge in [-0.25, -0.2) is 0 Å². The first kappa shape index (κ1) is 18.6. The van der Waals surface area contributed by atoms with E-state index < -0.39 is 0 Å². The van der Waals surface area contributed by atoms with Crippen molar-refractivity contribution in [2.75, 3.05) is 18.2 Å². The van der Waals surface area contributed by atoms with Crippen molar-refractivity contribution in [1.29, 1.82) is 0 Å². The van der Waals surface area contributed by atoms with Crippen LogP contribution in [0.2, 0.25) is 0 Å². The summed E-state index contributed by atoms with van der Waals surface area (Å²) in [4.78, 5) is 23.7. The van der Waals surface area contributed by atoms with Gasteiger partial charge in [0.1, 0.15) is 5.75 Å². The maximum atomic E-state index is 12.2. The van der Waals surface area contributed by atoms with E-state index in [4.69, 9.17) is 4.74 Å². The summed E-state index contributed by atoms with van der Waals surface area (Å²) in [6.45, 7) is 1.48. The highest BCUT2D eigenvalue weighted by molar-refractivity contribution is 7.99. The Morgan fingerprint density at radius 2 is 2.00 bits per heavy atom. The molecule has 0 aliphatic heterocycles. The standard InChI is InChI=1S/C18H17N5O3S/c1-12(24)13-5-3-6-14(9-13)19-17(25)11-27-18-20-21-22-23(18)15-7-4-8-16(10-15)26-2/h3-10H,11H2,1-2H3,(H,19,25). The van der Waals surface area contributed by atoms with Gasteiger partial charge in [-0.3, -0.25) is 9.59 Å². The first-order valence-electron chi connectivity index (χ1n) is 8.03. The predicted octanol–water partition coefficient (Wildman–Crippen LogP) is 2.60. The van der Waals surface area contributed by atoms with Crippen LogP contribution in [-0.4, -0.2) is 44.8 Å². The van der Waals surface area contributed by atoms with Crippen LogP contribution in [0.15, 0.2) is 53.7 Å². The molecule has 0 radical (unpaired) electrons. The van der Waals surface area contributed by atoms with Gasteiger partial charge in [0, 0.05) is 17.3 Å². The van der Waals surface area contributed by atoms with Crippen LogP contribution < -0.4 is 10.1 Å². The number of nitrogens with one attached hydrogen (secondary N) is 1. The first-order chi connectivity index (χ1) is 13.1. The monoisotopic (exact) mass is 383 g/mol. The molecule has 3 rings (SSSR count). The van der Waals surface area contributed by atoms with Crippen molar-refractivity contribution >= 4 is 29.1 Å². The quantitative estimate of drug-likeness (QED) is 0.494. The number of Topliss-reactive ketones (excluding diaryl/α,β-unsaturated/α-hetero) is 1. The lowest BCUT2D eigenvalue weighted by Gasteiger charge is -2.07. The third-order valence-corrected chi connectivity index (χ3v) is 4.54. The molecule has 138 valence electrons. The van der Waals surface area contributed by atoms with Gasteiger partial charge in [-0.05, 0) is 41.6 Å². The number of tetrazole rings is 1. The number of carbonyl (C=O) groups excluding carboxylic acids is 2. The fourth-order valence-corrected chi connectivity index (χ4v) is 3.01. The highest BCUT2D eigenvalue weighted by Crippen LogP contribution is 2.21. The van der Waals surface area contributed by atoms with Gasteiger partial charge in [0.25, 0.3) is 0 Å². The lowest BCUT2D eigenvalue weighted by Crippen LogP contribution is -2.15. The van der Waals surface area contributed by atoms with Gasteiger partial charge in [-0.2, -0.15) is 4.68 Å². The molecule has 27 heavy (non-hydrogen) atoms. The normalized spacial score (nSPS) is 10.4. The van der Waals surface area contributed by atoms with Crippen molar-refractivity contribution in [2.45, 2.75) is 12.1 Å². The summed E-state index contributed by atoms with van der Waals surface area (Å²) in [6.07, 6.45) is 0. The van der Waals surface area contributed by atoms with Crippen molar-refractivity contribution in [1.82, 2.24) is 20.2 Å². The van der Waals surface area contributed by atoms with Crippen molar-refractivity contribution in [3.8, 4) is 11.4 Å². The van der Waals surface area contributed by atoms with Gasteiger partial charge in [0.05, 0.1) is 18.6 Å². The molecule has 0 aliphatic rings. The molecule has 0 saturated carbocycles. The van der Waals surface area contributed by atoms with Crippen LogP contribution in [0.5, 0.6) is 5.75 Å². The van der Waals surface area contributed by atoms with E-state index in [1.165, 1.54) is 23.4 Å². The zero-order chi connectivity index (χ0) is 19.2. The van der Waals surface area contributed by atoms with E-state index in [1.54, 1.807) is 37.4 Å². The lowest BCUT2D eigenvalue weighted by atomic mass is 10.1. The Hall–Kier alpha value is -3.20. The van der Waals surface area contributed by atoms with Crippen LogP contribution in [-0.2, 0) is 4.79 Å². The average molecular weight is 383 g/mol. The Morgan fingerprint density at radius 1 is 1.19 bits per heavy atom. The fourth-order valence-electron chi connectivity index (χ4n) is 2.32. The lowest BCUT2D eigenvalue weighted by molar-refractivity contribution is -0.113. The van der Waals surface area contributed by atoms with Gasteiger partial charge >= 0.3 is 0 Å². The molecule has 0 saturated heterocycles. The second kappa shape index (κ2) is 8.45. The largest absolute Gasteiger partial charge is 0.497 e. The number of nitrogens with zero attached hydrogens (tertiary/aromatic N) is 4. The maximum absolute atomic E-state index is 12.2. The summed E-state index contributed by atoms with van der Waals surface area (Å²) in [5.41, 5.74) is 1.85. The Kier molecular flexibility index (Phi) is 5.82. The molecule has 0 unspecified atom stereocenters. The third-order valence-electron chi connectivity index (χ3n) is 3.62. The van der Waals surface area contributed by atoms with E-state index in [-0.39, 0.29) is 17.4 Å². The van der Waals surface area contributed by atoms with Crippen molar-refractivity contribution in [3.63, 3.8) is 0 Å². The van der Waals surface area contributed by atoms with E-state index in [1.807, 2.05) is 18.2 Å². The first-order valence-corrected chi connectivity index (χ1v) is 9.02. The summed E-state index contributed by atoms with van der Waals surface area (Å²) in [7, 11) is 1.58. The highest BCUT2D eigenvalue weighted by Gasteiger charge is 2.12. The molecule has 1 aromatic heterocycles. The van der Waals surface area contributed by atoms with Gasteiger partial charge in [-0.15, -0.1) is 5.10 Å². The van der Waals surface area contributed by atoms with Gasteiger partial charge in [0.2, 0.25) is 11.1 Å². The zero-order valence-electron chi connectivity index (χ0n) is 14.7. The second-order valence-electron chi connectivity index (χ2n) is 5.55. The number of aromatic nitrogens is 4. The van der Waals surface area contributed by atoms with E-state index >= 15 is 0 Å². The van der Waals surface area contributed by atoms with E-state index in [9.17, 15) is 9.59 Å². The molecular weight excluding hydrogens is 366 g/mol. The Morgan fingerprint density at radius 3 is 2.78 bits per heavy atom. The molecule has 0 spiro atoms. The molecule has 0 bridgehead atoms. The van der Waals surface area contributed by atoms with E-state index in [0.29, 0.717) is 22.2 Å². The summed E-state index contributed by atoms with van der Waals surface area (Å²) < 4.78 is 6.75. The molecule has 1 amide bonds. The molecule has 0 fully saturated rings. The van der Waals surface area contributed by atoms with Crippen LogP contribution >= 0.6 is 11.8 Å². The molecular formula is C18H17N5O3S. The van der Waals surface area contributed by atoms with Crippen molar-refractivity contribution in [2.24, 2.45) is 0 Å². The molecule has 2 aromatic carbocycles. The predicted molar refractivity (Wildman–Crippen MR) is 102 cm³/mol. The number of hydrogen-bond acceptors (Lipinski definition) is 7. The third kappa shape index (κ3) is 4.70.